The minimum atomic E-state index is -0.359. The van der Waals surface area contributed by atoms with Gasteiger partial charge < -0.3 is 15.8 Å². The zero-order valence-electron chi connectivity index (χ0n) is 12.7. The highest BCUT2D eigenvalue weighted by molar-refractivity contribution is 6.30. The Morgan fingerprint density at radius 1 is 1.23 bits per heavy atom. The number of nitrogens with two attached hydrogens (primary N) is 1. The van der Waals surface area contributed by atoms with E-state index in [1.54, 1.807) is 18.2 Å². The zero-order valence-corrected chi connectivity index (χ0v) is 13.4. The normalized spacial score (nSPS) is 10.3. The number of benzene rings is 2. The van der Waals surface area contributed by atoms with E-state index >= 15 is 0 Å². The maximum Gasteiger partial charge on any atom is 0.338 e. The van der Waals surface area contributed by atoms with Gasteiger partial charge in [0.05, 0.1) is 23.5 Å². The Morgan fingerprint density at radius 2 is 1.95 bits per heavy atom. The molecule has 0 aliphatic carbocycles. The van der Waals surface area contributed by atoms with Crippen molar-refractivity contribution in [3.05, 3.63) is 52.5 Å². The van der Waals surface area contributed by atoms with Gasteiger partial charge in [0.2, 0.25) is 0 Å². The number of hydrogen-bond donors (Lipinski definition) is 2. The van der Waals surface area contributed by atoms with E-state index in [2.05, 4.69) is 5.32 Å². The SMILES string of the molecule is CCCOC(=O)c1ccc(Nc2ccc(Cl)cc2C)c(N)c1. The van der Waals surface area contributed by atoms with Crippen LogP contribution in [0.15, 0.2) is 36.4 Å². The minimum Gasteiger partial charge on any atom is -0.462 e. The Morgan fingerprint density at radius 3 is 2.59 bits per heavy atom. The Kier molecular flexibility index (Phi) is 5.28. The highest BCUT2D eigenvalue weighted by Crippen LogP contribution is 2.27. The molecule has 4 nitrogen and oxygen atoms in total. The molecular formula is C17H19ClN2O2. The van der Waals surface area contributed by atoms with Crippen molar-refractivity contribution >= 4 is 34.6 Å². The maximum absolute atomic E-state index is 11.8. The van der Waals surface area contributed by atoms with Gasteiger partial charge in [-0.15, -0.1) is 0 Å². The number of esters is 1. The Bertz CT molecular complexity index is 686. The third-order valence-electron chi connectivity index (χ3n) is 3.18. The van der Waals surface area contributed by atoms with Crippen LogP contribution < -0.4 is 11.1 Å². The first kappa shape index (κ1) is 16.2. The molecule has 116 valence electrons. The van der Waals surface area contributed by atoms with Gasteiger partial charge in [-0.1, -0.05) is 18.5 Å². The van der Waals surface area contributed by atoms with E-state index in [0.29, 0.717) is 22.9 Å². The lowest BCUT2D eigenvalue weighted by molar-refractivity contribution is 0.0505. The number of hydrogen-bond acceptors (Lipinski definition) is 4. The summed E-state index contributed by atoms with van der Waals surface area (Å²) in [5, 5.41) is 3.93. The van der Waals surface area contributed by atoms with Gasteiger partial charge in [-0.2, -0.15) is 0 Å². The van der Waals surface area contributed by atoms with Crippen molar-refractivity contribution in [1.29, 1.82) is 0 Å². The van der Waals surface area contributed by atoms with Crippen LogP contribution in [0.3, 0.4) is 0 Å². The summed E-state index contributed by atoms with van der Waals surface area (Å²) < 4.78 is 5.09. The van der Waals surface area contributed by atoms with Crippen LogP contribution in [-0.2, 0) is 4.74 Å². The molecule has 2 aromatic rings. The monoisotopic (exact) mass is 318 g/mol. The lowest BCUT2D eigenvalue weighted by Crippen LogP contribution is -2.07. The largest absolute Gasteiger partial charge is 0.462 e. The van der Waals surface area contributed by atoms with Crippen molar-refractivity contribution < 1.29 is 9.53 Å². The smallest absolute Gasteiger partial charge is 0.338 e. The first-order valence-electron chi connectivity index (χ1n) is 7.11. The summed E-state index contributed by atoms with van der Waals surface area (Å²) in [6.07, 6.45) is 0.788. The molecule has 0 heterocycles. The van der Waals surface area contributed by atoms with Crippen molar-refractivity contribution in [1.82, 2.24) is 0 Å². The quantitative estimate of drug-likeness (QED) is 0.627. The van der Waals surface area contributed by atoms with E-state index < -0.39 is 0 Å². The molecule has 0 bridgehead atoms. The molecule has 2 aromatic carbocycles. The minimum absolute atomic E-state index is 0.359. The first-order valence-corrected chi connectivity index (χ1v) is 7.49. The van der Waals surface area contributed by atoms with Gasteiger partial charge in [-0.25, -0.2) is 4.79 Å². The predicted octanol–water partition coefficient (Wildman–Crippen LogP) is 4.54. The maximum atomic E-state index is 11.8. The van der Waals surface area contributed by atoms with Crippen LogP contribution >= 0.6 is 11.6 Å². The summed E-state index contributed by atoms with van der Waals surface area (Å²) in [5.74, 6) is -0.359. The summed E-state index contributed by atoms with van der Waals surface area (Å²) in [4.78, 5) is 11.8. The fraction of sp³-hybridized carbons (Fsp3) is 0.235. The molecule has 0 aliphatic rings. The van der Waals surface area contributed by atoms with Crippen LogP contribution in [0.1, 0.15) is 29.3 Å². The second kappa shape index (κ2) is 7.18. The average Bonchev–Trinajstić information content (AvgIpc) is 2.49. The van der Waals surface area contributed by atoms with Gasteiger partial charge >= 0.3 is 5.97 Å². The van der Waals surface area contributed by atoms with Gasteiger partial charge in [0.15, 0.2) is 0 Å². The zero-order chi connectivity index (χ0) is 16.1. The molecular weight excluding hydrogens is 300 g/mol. The molecule has 0 atom stereocenters. The van der Waals surface area contributed by atoms with Crippen LogP contribution in [0.4, 0.5) is 17.1 Å². The van der Waals surface area contributed by atoms with Crippen molar-refractivity contribution in [3.8, 4) is 0 Å². The number of anilines is 3. The number of aryl methyl sites for hydroxylation is 1. The number of nitrogen functional groups attached to an aromatic ring is 1. The van der Waals surface area contributed by atoms with Crippen LogP contribution in [0.2, 0.25) is 5.02 Å². The summed E-state index contributed by atoms with van der Waals surface area (Å²) in [5.41, 5.74) is 9.61. The molecule has 2 rings (SSSR count). The molecule has 0 aromatic heterocycles. The standard InChI is InChI=1S/C17H19ClN2O2/c1-3-8-22-17(21)12-4-6-16(14(19)10-12)20-15-7-5-13(18)9-11(15)2/h4-7,9-10,20H,3,8,19H2,1-2H3. The highest BCUT2D eigenvalue weighted by Gasteiger charge is 2.10. The summed E-state index contributed by atoms with van der Waals surface area (Å²) >= 11 is 5.94. The third kappa shape index (κ3) is 3.92. The van der Waals surface area contributed by atoms with Crippen molar-refractivity contribution in [2.24, 2.45) is 0 Å². The number of nitrogens with one attached hydrogen (secondary N) is 1. The number of halogens is 1. The summed E-state index contributed by atoms with van der Waals surface area (Å²) in [7, 11) is 0. The van der Waals surface area contributed by atoms with Gasteiger partial charge in [-0.3, -0.25) is 0 Å². The van der Waals surface area contributed by atoms with Gasteiger partial charge in [0.25, 0.3) is 0 Å². The molecule has 0 amide bonds. The van der Waals surface area contributed by atoms with Crippen molar-refractivity contribution in [2.75, 3.05) is 17.7 Å². The third-order valence-corrected chi connectivity index (χ3v) is 3.42. The van der Waals surface area contributed by atoms with Crippen LogP contribution in [0.25, 0.3) is 0 Å². The second-order valence-corrected chi connectivity index (χ2v) is 5.46. The number of ether oxygens (including phenoxy) is 1. The van der Waals surface area contributed by atoms with E-state index in [4.69, 9.17) is 22.1 Å². The van der Waals surface area contributed by atoms with E-state index in [-0.39, 0.29) is 5.97 Å². The van der Waals surface area contributed by atoms with E-state index in [0.717, 1.165) is 23.4 Å². The van der Waals surface area contributed by atoms with Crippen molar-refractivity contribution in [3.63, 3.8) is 0 Å². The van der Waals surface area contributed by atoms with Crippen molar-refractivity contribution in [2.45, 2.75) is 20.3 Å². The molecule has 0 fully saturated rings. The Hall–Kier alpha value is -2.20. The average molecular weight is 319 g/mol. The molecule has 0 spiro atoms. The molecule has 5 heteroatoms. The lowest BCUT2D eigenvalue weighted by atomic mass is 10.1. The molecule has 0 saturated heterocycles. The summed E-state index contributed by atoms with van der Waals surface area (Å²) in [6.45, 7) is 4.31. The molecule has 3 N–H and O–H groups in total. The molecule has 0 saturated carbocycles. The lowest BCUT2D eigenvalue weighted by Gasteiger charge is -2.13. The Balaban J connectivity index is 2.17. The van der Waals surface area contributed by atoms with E-state index in [9.17, 15) is 4.79 Å². The van der Waals surface area contributed by atoms with Gasteiger partial charge in [-0.05, 0) is 55.3 Å². The number of carbonyl (C=O) groups excluding carboxylic acids is 1. The fourth-order valence-corrected chi connectivity index (χ4v) is 2.22. The van der Waals surface area contributed by atoms with Crippen LogP contribution in [0.5, 0.6) is 0 Å². The predicted molar refractivity (Wildman–Crippen MR) is 90.9 cm³/mol. The second-order valence-electron chi connectivity index (χ2n) is 5.02. The molecule has 0 aliphatic heterocycles. The van der Waals surface area contributed by atoms with Gasteiger partial charge in [0, 0.05) is 10.7 Å². The van der Waals surface area contributed by atoms with Crippen LogP contribution in [-0.4, -0.2) is 12.6 Å². The highest BCUT2D eigenvalue weighted by atomic mass is 35.5. The summed E-state index contributed by atoms with van der Waals surface area (Å²) in [6, 6.07) is 10.7. The van der Waals surface area contributed by atoms with E-state index in [1.807, 2.05) is 32.0 Å². The molecule has 0 radical (unpaired) electrons. The number of rotatable bonds is 5. The van der Waals surface area contributed by atoms with Gasteiger partial charge in [0.1, 0.15) is 0 Å². The first-order chi connectivity index (χ1) is 10.5. The van der Waals surface area contributed by atoms with Crippen LogP contribution in [0, 0.1) is 6.92 Å². The topological polar surface area (TPSA) is 64.3 Å². The Labute approximate surface area is 135 Å². The fourth-order valence-electron chi connectivity index (χ4n) is 1.99. The molecule has 22 heavy (non-hydrogen) atoms. The number of carbonyl (C=O) groups is 1. The van der Waals surface area contributed by atoms with E-state index in [1.165, 1.54) is 0 Å². The molecule has 0 unspecified atom stereocenters.